The molecule has 106 valence electrons. The number of hydrogen-bond donors (Lipinski definition) is 1. The van der Waals surface area contributed by atoms with Crippen LogP contribution in [-0.4, -0.2) is 17.0 Å². The van der Waals surface area contributed by atoms with Gasteiger partial charge in [-0.2, -0.15) is 11.8 Å². The van der Waals surface area contributed by atoms with Crippen molar-refractivity contribution >= 4 is 11.8 Å². The van der Waals surface area contributed by atoms with E-state index in [0.29, 0.717) is 17.5 Å². The standard InChI is InChI=1S/C17H27NS/c1-13-15(10-11-19-13)18-16(12-17(2,3)4)14-8-6-5-7-9-14/h5-9,13,15-16,18H,10-12H2,1-4H3. The third-order valence-electron chi connectivity index (χ3n) is 3.81. The quantitative estimate of drug-likeness (QED) is 0.860. The largest absolute Gasteiger partial charge is 0.306 e. The van der Waals surface area contributed by atoms with Crippen LogP contribution in [0.15, 0.2) is 30.3 Å². The molecule has 0 aliphatic carbocycles. The van der Waals surface area contributed by atoms with Gasteiger partial charge in [0.1, 0.15) is 0 Å². The Morgan fingerprint density at radius 2 is 1.95 bits per heavy atom. The van der Waals surface area contributed by atoms with Gasteiger partial charge in [0.15, 0.2) is 0 Å². The molecule has 0 aromatic heterocycles. The summed E-state index contributed by atoms with van der Waals surface area (Å²) in [7, 11) is 0. The number of hydrogen-bond acceptors (Lipinski definition) is 2. The molecule has 1 aromatic rings. The number of thioether (sulfide) groups is 1. The van der Waals surface area contributed by atoms with E-state index in [9.17, 15) is 0 Å². The van der Waals surface area contributed by atoms with Crippen molar-refractivity contribution in [1.29, 1.82) is 0 Å². The van der Waals surface area contributed by atoms with E-state index in [1.807, 2.05) is 0 Å². The predicted molar refractivity (Wildman–Crippen MR) is 86.7 cm³/mol. The SMILES string of the molecule is CC1SCCC1NC(CC(C)(C)C)c1ccccc1. The molecule has 1 saturated heterocycles. The molecule has 3 unspecified atom stereocenters. The zero-order valence-corrected chi connectivity index (χ0v) is 13.5. The van der Waals surface area contributed by atoms with E-state index in [-0.39, 0.29) is 0 Å². The van der Waals surface area contributed by atoms with Crippen molar-refractivity contribution in [3.63, 3.8) is 0 Å². The summed E-state index contributed by atoms with van der Waals surface area (Å²) in [5, 5.41) is 4.66. The van der Waals surface area contributed by atoms with Crippen molar-refractivity contribution in [2.75, 3.05) is 5.75 Å². The highest BCUT2D eigenvalue weighted by Gasteiger charge is 2.28. The van der Waals surface area contributed by atoms with Gasteiger partial charge in [-0.25, -0.2) is 0 Å². The molecule has 1 aromatic carbocycles. The Labute approximate surface area is 122 Å². The maximum atomic E-state index is 3.92. The molecule has 1 fully saturated rings. The first kappa shape index (κ1) is 14.9. The Hall–Kier alpha value is -0.470. The smallest absolute Gasteiger partial charge is 0.0328 e. The minimum atomic E-state index is 0.350. The molecule has 1 heterocycles. The summed E-state index contributed by atoms with van der Waals surface area (Å²) in [4.78, 5) is 0. The monoisotopic (exact) mass is 277 g/mol. The third kappa shape index (κ3) is 4.54. The minimum absolute atomic E-state index is 0.350. The van der Waals surface area contributed by atoms with Crippen LogP contribution in [0.4, 0.5) is 0 Å². The van der Waals surface area contributed by atoms with Gasteiger partial charge in [-0.1, -0.05) is 58.0 Å². The van der Waals surface area contributed by atoms with Crippen LogP contribution in [0.25, 0.3) is 0 Å². The first-order chi connectivity index (χ1) is 8.96. The maximum Gasteiger partial charge on any atom is 0.0328 e. The average molecular weight is 277 g/mol. The van der Waals surface area contributed by atoms with Crippen molar-refractivity contribution in [3.05, 3.63) is 35.9 Å². The van der Waals surface area contributed by atoms with E-state index in [1.54, 1.807) is 0 Å². The van der Waals surface area contributed by atoms with Gasteiger partial charge >= 0.3 is 0 Å². The Morgan fingerprint density at radius 3 is 2.47 bits per heavy atom. The van der Waals surface area contributed by atoms with E-state index < -0.39 is 0 Å². The summed E-state index contributed by atoms with van der Waals surface area (Å²) >= 11 is 2.10. The summed E-state index contributed by atoms with van der Waals surface area (Å²) in [6.07, 6.45) is 2.49. The molecule has 19 heavy (non-hydrogen) atoms. The Kier molecular flexibility index (Phi) is 4.97. The van der Waals surface area contributed by atoms with Gasteiger partial charge in [0.25, 0.3) is 0 Å². The first-order valence-electron chi connectivity index (χ1n) is 7.38. The summed E-state index contributed by atoms with van der Waals surface area (Å²) in [6.45, 7) is 9.35. The lowest BCUT2D eigenvalue weighted by atomic mass is 9.85. The second kappa shape index (κ2) is 6.32. The highest BCUT2D eigenvalue weighted by atomic mass is 32.2. The zero-order valence-electron chi connectivity index (χ0n) is 12.6. The molecule has 0 bridgehead atoms. The molecule has 0 radical (unpaired) electrons. The average Bonchev–Trinajstić information content (AvgIpc) is 2.74. The molecule has 1 aliphatic heterocycles. The fraction of sp³-hybridized carbons (Fsp3) is 0.647. The summed E-state index contributed by atoms with van der Waals surface area (Å²) in [6, 6.07) is 12.1. The summed E-state index contributed by atoms with van der Waals surface area (Å²) in [5.41, 5.74) is 1.78. The lowest BCUT2D eigenvalue weighted by Gasteiger charge is -2.31. The van der Waals surface area contributed by atoms with E-state index >= 15 is 0 Å². The molecule has 0 saturated carbocycles. The van der Waals surface area contributed by atoms with Crippen LogP contribution in [-0.2, 0) is 0 Å². The molecule has 3 atom stereocenters. The normalized spacial score (nSPS) is 25.5. The van der Waals surface area contributed by atoms with E-state index in [0.717, 1.165) is 5.25 Å². The predicted octanol–water partition coefficient (Wildman–Crippen LogP) is 4.65. The molecule has 2 rings (SSSR count). The van der Waals surface area contributed by atoms with Crippen LogP contribution in [0.2, 0.25) is 0 Å². The van der Waals surface area contributed by atoms with Gasteiger partial charge < -0.3 is 5.32 Å². The number of rotatable bonds is 4. The van der Waals surface area contributed by atoms with Crippen molar-refractivity contribution < 1.29 is 0 Å². The molecular weight excluding hydrogens is 250 g/mol. The molecule has 0 spiro atoms. The first-order valence-corrected chi connectivity index (χ1v) is 8.43. The lowest BCUT2D eigenvalue weighted by molar-refractivity contribution is 0.292. The number of nitrogens with one attached hydrogen (secondary N) is 1. The third-order valence-corrected chi connectivity index (χ3v) is 5.14. The van der Waals surface area contributed by atoms with E-state index in [2.05, 4.69) is 75.1 Å². The van der Waals surface area contributed by atoms with Crippen LogP contribution in [0.3, 0.4) is 0 Å². The van der Waals surface area contributed by atoms with Crippen LogP contribution < -0.4 is 5.32 Å². The van der Waals surface area contributed by atoms with Gasteiger partial charge in [0.2, 0.25) is 0 Å². The van der Waals surface area contributed by atoms with Gasteiger partial charge in [-0.3, -0.25) is 0 Å². The second-order valence-electron chi connectivity index (χ2n) is 6.87. The van der Waals surface area contributed by atoms with E-state index in [1.165, 1.54) is 24.2 Å². The van der Waals surface area contributed by atoms with Crippen LogP contribution in [0.1, 0.15) is 52.1 Å². The second-order valence-corrected chi connectivity index (χ2v) is 8.35. The molecule has 2 heteroatoms. The fourth-order valence-electron chi connectivity index (χ4n) is 2.78. The van der Waals surface area contributed by atoms with Gasteiger partial charge in [-0.15, -0.1) is 0 Å². The van der Waals surface area contributed by atoms with Crippen LogP contribution >= 0.6 is 11.8 Å². The highest BCUT2D eigenvalue weighted by molar-refractivity contribution is 8.00. The molecule has 1 aliphatic rings. The summed E-state index contributed by atoms with van der Waals surface area (Å²) in [5.74, 6) is 1.30. The van der Waals surface area contributed by atoms with Gasteiger partial charge in [0, 0.05) is 17.3 Å². The van der Waals surface area contributed by atoms with Crippen molar-refractivity contribution in [2.45, 2.75) is 57.9 Å². The summed E-state index contributed by atoms with van der Waals surface area (Å²) < 4.78 is 0. The van der Waals surface area contributed by atoms with Crippen molar-refractivity contribution in [3.8, 4) is 0 Å². The minimum Gasteiger partial charge on any atom is -0.306 e. The lowest BCUT2D eigenvalue weighted by Crippen LogP contribution is -2.38. The molecule has 0 amide bonds. The molecule has 1 N–H and O–H groups in total. The zero-order chi connectivity index (χ0) is 13.9. The fourth-order valence-corrected chi connectivity index (χ4v) is 3.99. The molecule has 1 nitrogen and oxygen atoms in total. The molecular formula is C17H27NS. The van der Waals surface area contributed by atoms with E-state index in [4.69, 9.17) is 0 Å². The van der Waals surface area contributed by atoms with Gasteiger partial charge in [0.05, 0.1) is 0 Å². The highest BCUT2D eigenvalue weighted by Crippen LogP contribution is 2.33. The van der Waals surface area contributed by atoms with Crippen molar-refractivity contribution in [2.24, 2.45) is 5.41 Å². The topological polar surface area (TPSA) is 12.0 Å². The van der Waals surface area contributed by atoms with Gasteiger partial charge in [-0.05, 0) is 29.6 Å². The number of benzene rings is 1. The maximum absolute atomic E-state index is 3.92. The van der Waals surface area contributed by atoms with Crippen LogP contribution in [0.5, 0.6) is 0 Å². The Bertz CT molecular complexity index is 382. The Balaban J connectivity index is 2.10. The Morgan fingerprint density at radius 1 is 1.26 bits per heavy atom. The van der Waals surface area contributed by atoms with Crippen molar-refractivity contribution in [1.82, 2.24) is 5.32 Å². The van der Waals surface area contributed by atoms with Crippen LogP contribution in [0, 0.1) is 5.41 Å².